The van der Waals surface area contributed by atoms with Crippen LogP contribution in [0.5, 0.6) is 11.5 Å². The van der Waals surface area contributed by atoms with Gasteiger partial charge >= 0.3 is 0 Å². The fraction of sp³-hybridized carbons (Fsp3) is 0.143. The van der Waals surface area contributed by atoms with Crippen molar-refractivity contribution in [3.8, 4) is 11.5 Å². The van der Waals surface area contributed by atoms with E-state index in [4.69, 9.17) is 10.6 Å². The lowest BCUT2D eigenvalue weighted by Crippen LogP contribution is -2.20. The van der Waals surface area contributed by atoms with E-state index in [9.17, 15) is 0 Å². The van der Waals surface area contributed by atoms with Crippen LogP contribution in [-0.2, 0) is 6.54 Å². The number of aryl methyl sites for hydroxylation is 1. The van der Waals surface area contributed by atoms with Crippen molar-refractivity contribution >= 4 is 0 Å². The molecule has 0 bridgehead atoms. The summed E-state index contributed by atoms with van der Waals surface area (Å²) in [4.78, 5) is 0. The molecule has 0 aromatic heterocycles. The van der Waals surface area contributed by atoms with Gasteiger partial charge in [0.2, 0.25) is 0 Å². The van der Waals surface area contributed by atoms with E-state index in [0.717, 1.165) is 17.1 Å². The molecule has 0 spiro atoms. The van der Waals surface area contributed by atoms with Crippen LogP contribution >= 0.6 is 0 Å². The molecule has 2 rings (SSSR count). The van der Waals surface area contributed by atoms with Crippen LogP contribution in [0.4, 0.5) is 0 Å². The van der Waals surface area contributed by atoms with Crippen molar-refractivity contribution in [1.29, 1.82) is 0 Å². The first-order valence-corrected chi connectivity index (χ1v) is 5.55. The molecular formula is C14H16N2O. The Balaban J connectivity index is 2.12. The minimum Gasteiger partial charge on any atom is -0.457 e. The molecule has 2 aromatic carbocycles. The Morgan fingerprint density at radius 3 is 2.53 bits per heavy atom. The molecule has 2 aromatic rings. The second-order valence-electron chi connectivity index (χ2n) is 3.94. The molecule has 3 heteroatoms. The van der Waals surface area contributed by atoms with Crippen molar-refractivity contribution in [2.45, 2.75) is 13.5 Å². The predicted molar refractivity (Wildman–Crippen MR) is 68.7 cm³/mol. The number of hydrogen-bond acceptors (Lipinski definition) is 3. The molecule has 0 radical (unpaired) electrons. The van der Waals surface area contributed by atoms with Crippen LogP contribution in [0.3, 0.4) is 0 Å². The summed E-state index contributed by atoms with van der Waals surface area (Å²) in [6, 6.07) is 15.8. The summed E-state index contributed by atoms with van der Waals surface area (Å²) in [6.45, 7) is 2.68. The molecule has 0 heterocycles. The van der Waals surface area contributed by atoms with Crippen LogP contribution in [0, 0.1) is 6.92 Å². The van der Waals surface area contributed by atoms with E-state index in [1.165, 1.54) is 5.56 Å². The van der Waals surface area contributed by atoms with Gasteiger partial charge in [0, 0.05) is 6.54 Å². The van der Waals surface area contributed by atoms with Gasteiger partial charge in [-0.1, -0.05) is 29.8 Å². The highest BCUT2D eigenvalue weighted by Gasteiger charge is 1.98. The van der Waals surface area contributed by atoms with Crippen LogP contribution in [0.25, 0.3) is 0 Å². The largest absolute Gasteiger partial charge is 0.457 e. The summed E-state index contributed by atoms with van der Waals surface area (Å²) in [6.07, 6.45) is 0. The van der Waals surface area contributed by atoms with Crippen LogP contribution in [-0.4, -0.2) is 0 Å². The number of ether oxygens (including phenoxy) is 1. The number of rotatable bonds is 4. The lowest BCUT2D eigenvalue weighted by molar-refractivity contribution is 0.481. The number of benzene rings is 2. The van der Waals surface area contributed by atoms with Gasteiger partial charge in [0.1, 0.15) is 11.5 Å². The first-order chi connectivity index (χ1) is 8.28. The average Bonchev–Trinajstić information content (AvgIpc) is 2.33. The van der Waals surface area contributed by atoms with Gasteiger partial charge in [-0.15, -0.1) is 0 Å². The molecule has 0 amide bonds. The third-order valence-electron chi connectivity index (χ3n) is 2.46. The summed E-state index contributed by atoms with van der Waals surface area (Å²) in [5, 5.41) is 0. The van der Waals surface area contributed by atoms with Crippen LogP contribution in [0.15, 0.2) is 48.5 Å². The van der Waals surface area contributed by atoms with Gasteiger partial charge in [-0.05, 0) is 36.8 Å². The number of hydrazine groups is 1. The van der Waals surface area contributed by atoms with Gasteiger partial charge in [-0.3, -0.25) is 11.3 Å². The highest BCUT2D eigenvalue weighted by atomic mass is 16.5. The average molecular weight is 228 g/mol. The van der Waals surface area contributed by atoms with Crippen LogP contribution in [0.1, 0.15) is 11.1 Å². The van der Waals surface area contributed by atoms with Crippen molar-refractivity contribution in [1.82, 2.24) is 5.43 Å². The summed E-state index contributed by atoms with van der Waals surface area (Å²) in [7, 11) is 0. The number of nitrogens with one attached hydrogen (secondary N) is 1. The van der Waals surface area contributed by atoms with Gasteiger partial charge in [-0.2, -0.15) is 0 Å². The van der Waals surface area contributed by atoms with Crippen molar-refractivity contribution in [3.63, 3.8) is 0 Å². The Morgan fingerprint density at radius 1 is 1.06 bits per heavy atom. The van der Waals surface area contributed by atoms with Crippen LogP contribution in [0.2, 0.25) is 0 Å². The minimum atomic E-state index is 0.630. The first-order valence-electron chi connectivity index (χ1n) is 5.55. The maximum absolute atomic E-state index is 5.75. The highest BCUT2D eigenvalue weighted by molar-refractivity contribution is 5.35. The molecule has 0 saturated carbocycles. The van der Waals surface area contributed by atoms with Crippen molar-refractivity contribution in [2.75, 3.05) is 0 Å². The molecule has 0 fully saturated rings. The zero-order valence-corrected chi connectivity index (χ0v) is 9.81. The minimum absolute atomic E-state index is 0.630. The van der Waals surface area contributed by atoms with E-state index in [1.807, 2.05) is 48.5 Å². The zero-order chi connectivity index (χ0) is 12.1. The van der Waals surface area contributed by atoms with Gasteiger partial charge < -0.3 is 4.74 Å². The van der Waals surface area contributed by atoms with Gasteiger partial charge in [0.05, 0.1) is 0 Å². The molecular weight excluding hydrogens is 212 g/mol. The van der Waals surface area contributed by atoms with E-state index in [0.29, 0.717) is 6.54 Å². The smallest absolute Gasteiger partial charge is 0.127 e. The first kappa shape index (κ1) is 11.6. The van der Waals surface area contributed by atoms with Crippen molar-refractivity contribution < 1.29 is 4.74 Å². The molecule has 17 heavy (non-hydrogen) atoms. The fourth-order valence-electron chi connectivity index (χ4n) is 1.58. The Labute approximate surface area is 101 Å². The number of hydrogen-bond donors (Lipinski definition) is 2. The topological polar surface area (TPSA) is 47.3 Å². The second kappa shape index (κ2) is 5.48. The normalized spacial score (nSPS) is 10.2. The van der Waals surface area contributed by atoms with Gasteiger partial charge in [-0.25, -0.2) is 0 Å². The van der Waals surface area contributed by atoms with E-state index in [2.05, 4.69) is 12.3 Å². The molecule has 0 atom stereocenters. The molecule has 0 saturated heterocycles. The molecule has 0 unspecified atom stereocenters. The highest BCUT2D eigenvalue weighted by Crippen LogP contribution is 2.22. The Bertz CT molecular complexity index is 480. The van der Waals surface area contributed by atoms with E-state index < -0.39 is 0 Å². The summed E-state index contributed by atoms with van der Waals surface area (Å²) < 4.78 is 5.75. The summed E-state index contributed by atoms with van der Waals surface area (Å²) >= 11 is 0. The maximum atomic E-state index is 5.75. The third-order valence-corrected chi connectivity index (χ3v) is 2.46. The monoisotopic (exact) mass is 228 g/mol. The molecule has 0 aliphatic carbocycles. The van der Waals surface area contributed by atoms with Crippen LogP contribution < -0.4 is 16.0 Å². The number of nitrogens with two attached hydrogens (primary N) is 1. The molecule has 3 nitrogen and oxygen atoms in total. The van der Waals surface area contributed by atoms with Crippen molar-refractivity contribution in [2.24, 2.45) is 5.84 Å². The fourth-order valence-corrected chi connectivity index (χ4v) is 1.58. The molecule has 3 N–H and O–H groups in total. The molecule has 0 aliphatic rings. The van der Waals surface area contributed by atoms with E-state index >= 15 is 0 Å². The lowest BCUT2D eigenvalue weighted by Gasteiger charge is -2.07. The van der Waals surface area contributed by atoms with Crippen molar-refractivity contribution in [3.05, 3.63) is 59.7 Å². The molecule has 0 aliphatic heterocycles. The Morgan fingerprint density at radius 2 is 1.82 bits per heavy atom. The van der Waals surface area contributed by atoms with Gasteiger partial charge in [0.15, 0.2) is 0 Å². The maximum Gasteiger partial charge on any atom is 0.127 e. The molecule has 88 valence electrons. The Hall–Kier alpha value is -1.84. The summed E-state index contributed by atoms with van der Waals surface area (Å²) in [5.74, 6) is 6.95. The quantitative estimate of drug-likeness (QED) is 0.625. The Kier molecular flexibility index (Phi) is 3.75. The zero-order valence-electron chi connectivity index (χ0n) is 9.81. The SMILES string of the molecule is Cc1ccc(Oc2cccc(CNN)c2)cc1. The lowest BCUT2D eigenvalue weighted by atomic mass is 10.2. The second-order valence-corrected chi connectivity index (χ2v) is 3.94. The summed E-state index contributed by atoms with van der Waals surface area (Å²) in [5.41, 5.74) is 4.94. The van der Waals surface area contributed by atoms with E-state index in [-0.39, 0.29) is 0 Å². The predicted octanol–water partition coefficient (Wildman–Crippen LogP) is 2.75. The van der Waals surface area contributed by atoms with Gasteiger partial charge in [0.25, 0.3) is 0 Å². The third kappa shape index (κ3) is 3.31. The standard InChI is InChI=1S/C14H16N2O/c1-11-5-7-13(8-6-11)17-14-4-2-3-12(9-14)10-16-15/h2-9,16H,10,15H2,1H3. The van der Waals surface area contributed by atoms with E-state index in [1.54, 1.807) is 0 Å².